The molecule has 0 N–H and O–H groups in total. The Hall–Kier alpha value is -1.47. The maximum absolute atomic E-state index is 13.6. The molecule has 0 atom stereocenters. The molecule has 0 unspecified atom stereocenters. The summed E-state index contributed by atoms with van der Waals surface area (Å²) in [4.78, 5) is 11.5. The lowest BCUT2D eigenvalue weighted by Gasteiger charge is -2.23. The quantitative estimate of drug-likeness (QED) is 0.734. The lowest BCUT2D eigenvalue weighted by atomic mass is 9.91. The highest BCUT2D eigenvalue weighted by Gasteiger charge is 2.50. The van der Waals surface area contributed by atoms with Gasteiger partial charge in [-0.25, -0.2) is 0 Å². The second-order valence-corrected chi connectivity index (χ2v) is 4.01. The molecule has 0 aromatic carbocycles. The molecule has 18 heavy (non-hydrogen) atoms. The summed E-state index contributed by atoms with van der Waals surface area (Å²) in [6.45, 7) is 1.24. The van der Waals surface area contributed by atoms with E-state index < -0.39 is 47.7 Å². The largest absolute Gasteiger partial charge is 0.435 e. The molecule has 1 aromatic rings. The number of aromatic nitrogens is 2. The summed E-state index contributed by atoms with van der Waals surface area (Å²) < 4.78 is 65.9. The Balaban J connectivity index is 2.76. The number of aryl methyl sites for hydroxylation is 1. The smallest absolute Gasteiger partial charge is 0.294 e. The first-order valence-electron chi connectivity index (χ1n) is 5.28. The van der Waals surface area contributed by atoms with Gasteiger partial charge >= 0.3 is 6.18 Å². The maximum atomic E-state index is 13.6. The fourth-order valence-electron chi connectivity index (χ4n) is 2.04. The van der Waals surface area contributed by atoms with Crippen LogP contribution in [0.2, 0.25) is 0 Å². The summed E-state index contributed by atoms with van der Waals surface area (Å²) in [5.41, 5.74) is -3.39. The molecular weight excluding hydrogens is 259 g/mol. The van der Waals surface area contributed by atoms with Gasteiger partial charge in [0, 0.05) is 19.4 Å². The van der Waals surface area contributed by atoms with Crippen molar-refractivity contribution >= 4 is 5.78 Å². The van der Waals surface area contributed by atoms with Gasteiger partial charge in [-0.1, -0.05) is 0 Å². The predicted octanol–water partition coefficient (Wildman–Crippen LogP) is 2.99. The summed E-state index contributed by atoms with van der Waals surface area (Å²) in [7, 11) is 0. The topological polar surface area (TPSA) is 34.9 Å². The van der Waals surface area contributed by atoms with Gasteiger partial charge in [0.05, 0.1) is 5.56 Å². The molecule has 2 rings (SSSR count). The van der Waals surface area contributed by atoms with E-state index in [0.29, 0.717) is 4.68 Å². The molecule has 0 fully saturated rings. The number of halogens is 5. The third-order valence-corrected chi connectivity index (χ3v) is 2.81. The van der Waals surface area contributed by atoms with Crippen LogP contribution >= 0.6 is 0 Å². The molecule has 8 heteroatoms. The first-order valence-corrected chi connectivity index (χ1v) is 5.28. The van der Waals surface area contributed by atoms with Crippen LogP contribution in [-0.2, 0) is 18.6 Å². The molecule has 0 radical (unpaired) electrons. The van der Waals surface area contributed by atoms with E-state index in [-0.39, 0.29) is 6.54 Å². The van der Waals surface area contributed by atoms with Crippen molar-refractivity contribution < 1.29 is 26.7 Å². The third-order valence-electron chi connectivity index (χ3n) is 2.81. The molecule has 1 aromatic heterocycles. The standard InChI is InChI=1S/C10H9F5N2O/c1-2-17-8-6(7(16-17)10(13,14)15)5(18)3-4-9(8,11)12/h2-4H2,1H3. The number of ketones is 1. The van der Waals surface area contributed by atoms with Gasteiger partial charge in [-0.15, -0.1) is 0 Å². The zero-order valence-corrected chi connectivity index (χ0v) is 9.31. The van der Waals surface area contributed by atoms with E-state index in [9.17, 15) is 26.7 Å². The Morgan fingerprint density at radius 1 is 1.39 bits per heavy atom. The fourth-order valence-corrected chi connectivity index (χ4v) is 2.04. The molecule has 0 spiro atoms. The van der Waals surface area contributed by atoms with Crippen LogP contribution in [0.15, 0.2) is 0 Å². The number of carbonyl (C=O) groups is 1. The summed E-state index contributed by atoms with van der Waals surface area (Å²) in [5.74, 6) is -4.38. The van der Waals surface area contributed by atoms with Gasteiger partial charge < -0.3 is 0 Å². The highest BCUT2D eigenvalue weighted by Crippen LogP contribution is 2.44. The van der Waals surface area contributed by atoms with Gasteiger partial charge in [-0.2, -0.15) is 27.1 Å². The van der Waals surface area contributed by atoms with Crippen LogP contribution in [0.5, 0.6) is 0 Å². The van der Waals surface area contributed by atoms with Crippen molar-refractivity contribution in [3.05, 3.63) is 17.0 Å². The number of fused-ring (bicyclic) bond motifs is 1. The molecule has 1 heterocycles. The minimum absolute atomic E-state index is 0.152. The van der Waals surface area contributed by atoms with Crippen LogP contribution in [0.25, 0.3) is 0 Å². The second-order valence-electron chi connectivity index (χ2n) is 4.01. The minimum Gasteiger partial charge on any atom is -0.294 e. The van der Waals surface area contributed by atoms with E-state index in [4.69, 9.17) is 0 Å². The Kier molecular flexibility index (Phi) is 2.71. The van der Waals surface area contributed by atoms with Gasteiger partial charge in [0.15, 0.2) is 11.5 Å². The number of hydrogen-bond acceptors (Lipinski definition) is 2. The van der Waals surface area contributed by atoms with E-state index in [1.807, 2.05) is 0 Å². The highest BCUT2D eigenvalue weighted by molar-refractivity contribution is 5.99. The van der Waals surface area contributed by atoms with Gasteiger partial charge in [0.1, 0.15) is 5.69 Å². The minimum atomic E-state index is -4.91. The second kappa shape index (κ2) is 3.76. The number of nitrogens with zero attached hydrogens (tertiary/aromatic N) is 2. The summed E-state index contributed by atoms with van der Waals surface area (Å²) in [6, 6.07) is 0. The molecule has 0 amide bonds. The Bertz CT molecular complexity index is 503. The van der Waals surface area contributed by atoms with Crippen LogP contribution in [0, 0.1) is 0 Å². The van der Waals surface area contributed by atoms with Crippen molar-refractivity contribution in [3.63, 3.8) is 0 Å². The van der Waals surface area contributed by atoms with E-state index in [1.54, 1.807) is 0 Å². The third kappa shape index (κ3) is 1.79. The lowest BCUT2D eigenvalue weighted by Crippen LogP contribution is -2.28. The van der Waals surface area contributed by atoms with Crippen LogP contribution in [0.4, 0.5) is 22.0 Å². The maximum Gasteiger partial charge on any atom is 0.435 e. The van der Waals surface area contributed by atoms with Gasteiger partial charge in [-0.05, 0) is 6.92 Å². The van der Waals surface area contributed by atoms with Crippen molar-refractivity contribution in [2.45, 2.75) is 38.4 Å². The Labute approximate surface area is 98.6 Å². The number of alkyl halides is 5. The van der Waals surface area contributed by atoms with Crippen LogP contribution in [0.3, 0.4) is 0 Å². The van der Waals surface area contributed by atoms with E-state index in [1.165, 1.54) is 6.92 Å². The average molecular weight is 268 g/mol. The van der Waals surface area contributed by atoms with E-state index in [2.05, 4.69) is 5.10 Å². The summed E-state index contributed by atoms with van der Waals surface area (Å²) in [6.07, 6.45) is -6.28. The SMILES string of the molecule is CCn1nc(C(F)(F)F)c2c1C(F)(F)CCC2=O. The number of rotatable bonds is 1. The first kappa shape index (κ1) is 13.0. The van der Waals surface area contributed by atoms with Crippen LogP contribution in [-0.4, -0.2) is 15.6 Å². The Morgan fingerprint density at radius 2 is 2.00 bits per heavy atom. The van der Waals surface area contributed by atoms with Crippen molar-refractivity contribution in [1.29, 1.82) is 0 Å². The highest BCUT2D eigenvalue weighted by atomic mass is 19.4. The molecule has 100 valence electrons. The van der Waals surface area contributed by atoms with Gasteiger partial charge in [0.2, 0.25) is 0 Å². The summed E-state index contributed by atoms with van der Waals surface area (Å²) >= 11 is 0. The predicted molar refractivity (Wildman–Crippen MR) is 50.4 cm³/mol. The first-order chi connectivity index (χ1) is 8.18. The summed E-state index contributed by atoms with van der Waals surface area (Å²) in [5, 5.41) is 3.12. The van der Waals surface area contributed by atoms with Crippen LogP contribution < -0.4 is 0 Å². The van der Waals surface area contributed by atoms with Crippen LogP contribution in [0.1, 0.15) is 41.5 Å². The number of carbonyl (C=O) groups excluding carboxylic acids is 1. The van der Waals surface area contributed by atoms with Crippen molar-refractivity contribution in [2.75, 3.05) is 0 Å². The molecule has 1 aliphatic carbocycles. The number of Topliss-reactive ketones (excluding diaryl/α,β-unsaturated/α-hetero) is 1. The van der Waals surface area contributed by atoms with E-state index in [0.717, 1.165) is 0 Å². The lowest BCUT2D eigenvalue weighted by molar-refractivity contribution is -0.141. The average Bonchev–Trinajstić information content (AvgIpc) is 2.64. The molecule has 0 saturated heterocycles. The monoisotopic (exact) mass is 268 g/mol. The van der Waals surface area contributed by atoms with Crippen molar-refractivity contribution in [3.8, 4) is 0 Å². The molecule has 0 bridgehead atoms. The van der Waals surface area contributed by atoms with Gasteiger partial charge in [-0.3, -0.25) is 9.48 Å². The zero-order chi connectivity index (χ0) is 13.7. The molecule has 0 aliphatic heterocycles. The van der Waals surface area contributed by atoms with Crippen molar-refractivity contribution in [2.24, 2.45) is 0 Å². The normalized spacial score (nSPS) is 18.9. The molecule has 0 saturated carbocycles. The molecule has 3 nitrogen and oxygen atoms in total. The Morgan fingerprint density at radius 3 is 2.50 bits per heavy atom. The number of hydrogen-bond donors (Lipinski definition) is 0. The van der Waals surface area contributed by atoms with Crippen molar-refractivity contribution in [1.82, 2.24) is 9.78 Å². The fraction of sp³-hybridized carbons (Fsp3) is 0.600. The molecule has 1 aliphatic rings. The van der Waals surface area contributed by atoms with E-state index >= 15 is 0 Å². The zero-order valence-electron chi connectivity index (χ0n) is 9.31. The van der Waals surface area contributed by atoms with Gasteiger partial charge in [0.25, 0.3) is 5.92 Å². The molecular formula is C10H9F5N2O.